The normalized spacial score (nSPS) is 12.6. The predicted octanol–water partition coefficient (Wildman–Crippen LogP) is 22.8. The van der Waals surface area contributed by atoms with Crippen LogP contribution in [0.4, 0.5) is 0 Å². The molecule has 3 rings (SSSR count). The predicted molar refractivity (Wildman–Crippen MR) is 297 cm³/mol. The van der Waals surface area contributed by atoms with Gasteiger partial charge in [-0.05, 0) is 73.9 Å². The van der Waals surface area contributed by atoms with Gasteiger partial charge in [-0.2, -0.15) is 0 Å². The molecule has 0 aromatic heterocycles. The fourth-order valence-corrected chi connectivity index (χ4v) is 10.5. The Balaban J connectivity index is 0.00000292. The number of rotatable bonds is 45. The molecule has 1 aliphatic rings. The number of benzene rings is 2. The Hall–Kier alpha value is -1.99. The molecule has 2 nitrogen and oxygen atoms in total. The zero-order valence-corrected chi connectivity index (χ0v) is 46.3. The summed E-state index contributed by atoms with van der Waals surface area (Å²) in [5, 5.41) is 2.56. The summed E-state index contributed by atoms with van der Waals surface area (Å²) in [4.78, 5) is 0. The maximum absolute atomic E-state index is 11.9. The second-order valence-electron chi connectivity index (χ2n) is 20.3. The molecule has 67 heavy (non-hydrogen) atoms. The summed E-state index contributed by atoms with van der Waals surface area (Å²) in [5.74, 6) is 0. The van der Waals surface area contributed by atoms with Gasteiger partial charge in [0.1, 0.15) is 0 Å². The van der Waals surface area contributed by atoms with Crippen LogP contribution in [0.3, 0.4) is 0 Å². The Morgan fingerprint density at radius 1 is 0.358 bits per heavy atom. The zero-order chi connectivity index (χ0) is 48.1. The molecule has 0 unspecified atom stereocenters. The maximum atomic E-state index is 11.9. The van der Waals surface area contributed by atoms with Gasteiger partial charge < -0.3 is 5.53 Å². The molecule has 0 spiro atoms. The van der Waals surface area contributed by atoms with E-state index in [4.69, 9.17) is 0 Å². The number of hydrogen-bond donors (Lipinski definition) is 0. The monoisotopic (exact) mass is 965 g/mol. The molecular weight excluding hydrogens is 855 g/mol. The van der Waals surface area contributed by atoms with E-state index < -0.39 is 0 Å². The quantitative estimate of drug-likeness (QED) is 0.0359. The molecule has 1 aliphatic heterocycles. The molecule has 0 radical (unpaired) electrons. The molecular formula is C64H110N2Ni. The topological polar surface area (TPSA) is 25.3 Å². The van der Waals surface area contributed by atoms with Crippen LogP contribution in [0.2, 0.25) is 10.8 Å². The van der Waals surface area contributed by atoms with Crippen LogP contribution in [0, 0.1) is 0 Å². The van der Waals surface area contributed by atoms with E-state index in [0.29, 0.717) is 0 Å². The van der Waals surface area contributed by atoms with Crippen molar-refractivity contribution in [1.29, 1.82) is 0 Å². The molecule has 0 N–H and O–H groups in total. The number of nitrogens with zero attached hydrogens (tertiary/aromatic N) is 2. The third-order valence-electron chi connectivity index (χ3n) is 14.2. The van der Waals surface area contributed by atoms with Crippen molar-refractivity contribution in [2.75, 3.05) is 0 Å². The first-order valence-corrected chi connectivity index (χ1v) is 31.1. The van der Waals surface area contributed by atoms with E-state index in [9.17, 15) is 5.53 Å². The molecule has 0 fully saturated rings. The van der Waals surface area contributed by atoms with Crippen molar-refractivity contribution in [3.63, 3.8) is 0 Å². The Morgan fingerprint density at radius 2 is 0.657 bits per heavy atom. The van der Waals surface area contributed by atoms with Gasteiger partial charge in [-0.3, -0.25) is 0 Å². The van der Waals surface area contributed by atoms with Crippen LogP contribution in [0.1, 0.15) is 307 Å². The van der Waals surface area contributed by atoms with Crippen LogP contribution in [0.15, 0.2) is 60.2 Å². The van der Waals surface area contributed by atoms with Crippen molar-refractivity contribution < 1.29 is 19.1 Å². The first-order chi connectivity index (χ1) is 33.1. The Labute approximate surface area is 424 Å². The Kier molecular flexibility index (Phi) is 41.2. The van der Waals surface area contributed by atoms with Gasteiger partial charge in [-0.1, -0.05) is 270 Å². The molecule has 0 saturated heterocycles. The molecule has 0 aliphatic carbocycles. The second kappa shape index (κ2) is 45.2. The summed E-state index contributed by atoms with van der Waals surface area (Å²) in [5.41, 5.74) is 20.2. The fraction of sp³-hybridized carbons (Fsp3) is 0.750. The molecule has 2 aromatic carbocycles. The summed E-state index contributed by atoms with van der Waals surface area (Å²) in [6.45, 7) is 11.3. The van der Waals surface area contributed by atoms with Gasteiger partial charge in [0.05, 0.1) is 0 Å². The van der Waals surface area contributed by atoms with E-state index in [2.05, 4.69) is 89.2 Å². The minimum atomic E-state index is 0.941. The molecule has 0 saturated carbocycles. The first-order valence-electron chi connectivity index (χ1n) is 29.7. The van der Waals surface area contributed by atoms with E-state index in [0.717, 1.165) is 41.8 Å². The van der Waals surface area contributed by atoms with Crippen molar-refractivity contribution in [3.05, 3.63) is 88.0 Å². The van der Waals surface area contributed by atoms with Crippen molar-refractivity contribution in [3.8, 4) is 0 Å². The molecule has 2 aromatic rings. The summed E-state index contributed by atoms with van der Waals surface area (Å²) in [6.07, 6.45) is 58.5. The molecule has 1 heterocycles. The second-order valence-corrected chi connectivity index (χ2v) is 22.2. The Bertz CT molecular complexity index is 1500. The molecule has 3 heteroatoms. The van der Waals surface area contributed by atoms with Crippen LogP contribution in [0.5, 0.6) is 0 Å². The van der Waals surface area contributed by atoms with Crippen LogP contribution in [0.25, 0.3) is 16.9 Å². The zero-order valence-electron chi connectivity index (χ0n) is 45.3. The molecule has 0 bridgehead atoms. The number of allylic oxidation sites excluding steroid dienone is 2. The average Bonchev–Trinajstić information content (AvgIpc) is 3.68. The van der Waals surface area contributed by atoms with Gasteiger partial charge >= 0.3 is 39.1 Å². The Morgan fingerprint density at radius 3 is 0.985 bits per heavy atom. The van der Waals surface area contributed by atoms with Crippen LogP contribution in [-0.4, -0.2) is 4.70 Å². The number of unbranched alkanes of at least 4 members (excludes halogenated alkanes) is 35. The summed E-state index contributed by atoms with van der Waals surface area (Å²) in [7, 11) is 0. The SMILES string of the molecule is CCCCCCCCCCCCCCCCCCCCCCCCCCCCC1=C(c2cccc(CCCCCCCC)c2)[N+](=[N-])C(c2cccc(CCCCCCCC)c2)=C1.C[CH2][Ni][CH2]C. The third kappa shape index (κ3) is 31.8. The molecule has 0 atom stereocenters. The van der Waals surface area contributed by atoms with E-state index in [-0.39, 0.29) is 0 Å². The van der Waals surface area contributed by atoms with Crippen molar-refractivity contribution in [2.45, 2.75) is 309 Å². The van der Waals surface area contributed by atoms with Crippen molar-refractivity contribution in [1.82, 2.24) is 0 Å². The van der Waals surface area contributed by atoms with Gasteiger partial charge in [-0.15, -0.1) is 0 Å². The van der Waals surface area contributed by atoms with Gasteiger partial charge in [-0.25, -0.2) is 4.70 Å². The fourth-order valence-electron chi connectivity index (χ4n) is 10.0. The van der Waals surface area contributed by atoms with E-state index in [1.54, 1.807) is 0 Å². The summed E-state index contributed by atoms with van der Waals surface area (Å²) in [6, 6.07) is 18.1. The first kappa shape index (κ1) is 61.1. The molecule has 386 valence electrons. The van der Waals surface area contributed by atoms with Crippen LogP contribution < -0.4 is 0 Å². The molecule has 0 amide bonds. The van der Waals surface area contributed by atoms with E-state index in [1.165, 1.54) is 276 Å². The number of hydrogen-bond acceptors (Lipinski definition) is 0. The van der Waals surface area contributed by atoms with Crippen molar-refractivity contribution in [2.24, 2.45) is 0 Å². The standard InChI is InChI=1S/C60H100N2.2C2H5.Ni/c1-4-7-10-13-16-17-18-19-20-21-22-23-24-25-26-27-28-29-30-31-32-33-34-35-38-41-48-58-53-59(56-49-42-46-54(51-56)44-39-36-14-11-8-5-2)62(61)60(58)57-50-43-47-55(52-57)45-40-37-15-12-9-6-3;2*1-2;/h42-43,46-47,49-53H,4-41,44-45,48H2,1-3H3;2*1H2,2H3;. The van der Waals surface area contributed by atoms with Crippen LogP contribution in [-0.2, 0) is 27.3 Å². The van der Waals surface area contributed by atoms with Gasteiger partial charge in [0.15, 0.2) is 0 Å². The van der Waals surface area contributed by atoms with E-state index in [1.807, 2.05) is 14.4 Å². The average molecular weight is 966 g/mol. The van der Waals surface area contributed by atoms with E-state index >= 15 is 0 Å². The van der Waals surface area contributed by atoms with Crippen LogP contribution >= 0.6 is 0 Å². The summed E-state index contributed by atoms with van der Waals surface area (Å²) < 4.78 is 1.53. The third-order valence-corrected chi connectivity index (χ3v) is 15.2. The summed E-state index contributed by atoms with van der Waals surface area (Å²) >= 11 is 1.82. The minimum absolute atomic E-state index is 0.941. The number of aryl methyl sites for hydroxylation is 2. The van der Waals surface area contributed by atoms with Crippen molar-refractivity contribution >= 4 is 11.4 Å². The van der Waals surface area contributed by atoms with Gasteiger partial charge in [0, 0.05) is 22.8 Å². The van der Waals surface area contributed by atoms with Gasteiger partial charge in [0.25, 0.3) is 0 Å². The van der Waals surface area contributed by atoms with Gasteiger partial charge in [0.2, 0.25) is 11.4 Å².